The highest BCUT2D eigenvalue weighted by atomic mass is 16.5. The Kier molecular flexibility index (Phi) is 6.64. The largest absolute Gasteiger partial charge is 0.497 e. The van der Waals surface area contributed by atoms with Crippen LogP contribution in [0.5, 0.6) is 5.75 Å². The van der Waals surface area contributed by atoms with Crippen molar-refractivity contribution in [2.45, 2.75) is 32.1 Å². The Bertz CT molecular complexity index is 747. The van der Waals surface area contributed by atoms with E-state index in [0.29, 0.717) is 17.9 Å². The van der Waals surface area contributed by atoms with Crippen LogP contribution in [0, 0.1) is 5.92 Å². The molecule has 0 atom stereocenters. The van der Waals surface area contributed by atoms with Gasteiger partial charge in [0.2, 0.25) is 5.91 Å². The Morgan fingerprint density at radius 2 is 1.63 bits per heavy atom. The summed E-state index contributed by atoms with van der Waals surface area (Å²) in [6, 6.07) is 17.4. The molecule has 1 aliphatic heterocycles. The monoisotopic (exact) mass is 365 g/mol. The maximum absolute atomic E-state index is 12.4. The lowest BCUT2D eigenvalue weighted by Gasteiger charge is -2.32. The summed E-state index contributed by atoms with van der Waals surface area (Å²) >= 11 is 0. The van der Waals surface area contributed by atoms with Gasteiger partial charge in [0.05, 0.1) is 7.11 Å². The first-order chi connectivity index (χ1) is 13.2. The van der Waals surface area contributed by atoms with Gasteiger partial charge in [0.1, 0.15) is 5.75 Å². The third-order valence-electron chi connectivity index (χ3n) is 5.31. The second-order valence-corrected chi connectivity index (χ2v) is 7.17. The van der Waals surface area contributed by atoms with Gasteiger partial charge in [0.15, 0.2) is 5.78 Å². The number of benzene rings is 2. The van der Waals surface area contributed by atoms with Crippen molar-refractivity contribution in [3.63, 3.8) is 0 Å². The first-order valence-electron chi connectivity index (χ1n) is 9.64. The van der Waals surface area contributed by atoms with Gasteiger partial charge in [-0.05, 0) is 42.9 Å². The number of ketones is 1. The van der Waals surface area contributed by atoms with Gasteiger partial charge in [-0.3, -0.25) is 9.59 Å². The summed E-state index contributed by atoms with van der Waals surface area (Å²) in [5, 5.41) is 0. The van der Waals surface area contributed by atoms with E-state index in [9.17, 15) is 9.59 Å². The van der Waals surface area contributed by atoms with Crippen molar-refractivity contribution in [3.8, 4) is 5.75 Å². The van der Waals surface area contributed by atoms with Crippen molar-refractivity contribution in [1.82, 2.24) is 4.90 Å². The Morgan fingerprint density at radius 3 is 2.26 bits per heavy atom. The van der Waals surface area contributed by atoms with Gasteiger partial charge in [-0.15, -0.1) is 0 Å². The van der Waals surface area contributed by atoms with Gasteiger partial charge in [0, 0.05) is 31.5 Å². The quantitative estimate of drug-likeness (QED) is 0.693. The molecule has 142 valence electrons. The van der Waals surface area contributed by atoms with Crippen molar-refractivity contribution in [2.24, 2.45) is 5.92 Å². The fourth-order valence-electron chi connectivity index (χ4n) is 3.63. The highest BCUT2D eigenvalue weighted by molar-refractivity contribution is 5.97. The minimum atomic E-state index is 0.0401. The van der Waals surface area contributed by atoms with Crippen molar-refractivity contribution >= 4 is 11.7 Å². The van der Waals surface area contributed by atoms with Crippen LogP contribution in [0.25, 0.3) is 0 Å². The van der Waals surface area contributed by atoms with Gasteiger partial charge < -0.3 is 9.64 Å². The van der Waals surface area contributed by atoms with Crippen LogP contribution in [0.3, 0.4) is 0 Å². The summed E-state index contributed by atoms with van der Waals surface area (Å²) in [5.41, 5.74) is 2.00. The van der Waals surface area contributed by atoms with Crippen LogP contribution in [-0.2, 0) is 11.2 Å². The van der Waals surface area contributed by atoms with E-state index in [2.05, 4.69) is 12.1 Å². The van der Waals surface area contributed by atoms with Crippen molar-refractivity contribution in [2.75, 3.05) is 20.2 Å². The van der Waals surface area contributed by atoms with Crippen LogP contribution < -0.4 is 4.74 Å². The fourth-order valence-corrected chi connectivity index (χ4v) is 3.63. The molecule has 1 heterocycles. The second kappa shape index (κ2) is 9.36. The van der Waals surface area contributed by atoms with Gasteiger partial charge >= 0.3 is 0 Å². The molecule has 1 amide bonds. The Labute approximate surface area is 161 Å². The minimum Gasteiger partial charge on any atom is -0.497 e. The van der Waals surface area contributed by atoms with E-state index in [1.165, 1.54) is 5.56 Å². The highest BCUT2D eigenvalue weighted by Crippen LogP contribution is 2.23. The van der Waals surface area contributed by atoms with E-state index in [-0.39, 0.29) is 18.1 Å². The lowest BCUT2D eigenvalue weighted by molar-refractivity contribution is -0.132. The minimum absolute atomic E-state index is 0.0401. The number of amides is 1. The number of methoxy groups -OCH3 is 1. The average Bonchev–Trinajstić information content (AvgIpc) is 2.73. The molecule has 0 N–H and O–H groups in total. The predicted octanol–water partition coefficient (Wildman–Crippen LogP) is 4.14. The summed E-state index contributed by atoms with van der Waals surface area (Å²) in [4.78, 5) is 26.5. The molecule has 0 aliphatic carbocycles. The van der Waals surface area contributed by atoms with Crippen LogP contribution in [0.15, 0.2) is 54.6 Å². The Morgan fingerprint density at radius 1 is 0.963 bits per heavy atom. The smallest absolute Gasteiger partial charge is 0.223 e. The van der Waals surface area contributed by atoms with Gasteiger partial charge in [-0.25, -0.2) is 0 Å². The first kappa shape index (κ1) is 19.2. The molecule has 1 saturated heterocycles. The summed E-state index contributed by atoms with van der Waals surface area (Å²) in [7, 11) is 1.68. The Balaban J connectivity index is 1.41. The first-order valence-corrected chi connectivity index (χ1v) is 9.64. The zero-order chi connectivity index (χ0) is 19.1. The van der Waals surface area contributed by atoms with E-state index >= 15 is 0 Å². The molecule has 4 heteroatoms. The van der Waals surface area contributed by atoms with Crippen LogP contribution >= 0.6 is 0 Å². The molecule has 3 rings (SSSR count). The number of nitrogens with zero attached hydrogens (tertiary/aromatic N) is 1. The normalized spacial score (nSPS) is 14.8. The molecule has 0 aromatic heterocycles. The molecule has 0 bridgehead atoms. The Hall–Kier alpha value is -2.62. The highest BCUT2D eigenvalue weighted by Gasteiger charge is 2.23. The van der Waals surface area contributed by atoms with E-state index in [0.717, 1.165) is 38.1 Å². The predicted molar refractivity (Wildman–Crippen MR) is 106 cm³/mol. The van der Waals surface area contributed by atoms with Crippen molar-refractivity contribution < 1.29 is 14.3 Å². The molecule has 0 radical (unpaired) electrons. The van der Waals surface area contributed by atoms with Crippen LogP contribution in [0.1, 0.15) is 41.6 Å². The molecule has 2 aromatic carbocycles. The molecule has 1 fully saturated rings. The fraction of sp³-hybridized carbons (Fsp3) is 0.391. The number of rotatable bonds is 7. The number of hydrogen-bond donors (Lipinski definition) is 0. The number of hydrogen-bond acceptors (Lipinski definition) is 3. The molecule has 0 saturated carbocycles. The maximum atomic E-state index is 12.4. The second-order valence-electron chi connectivity index (χ2n) is 7.17. The molecular formula is C23H27NO3. The molecule has 4 nitrogen and oxygen atoms in total. The van der Waals surface area contributed by atoms with Crippen LogP contribution in [0.2, 0.25) is 0 Å². The van der Waals surface area contributed by atoms with E-state index < -0.39 is 0 Å². The third-order valence-corrected chi connectivity index (χ3v) is 5.31. The molecular weight excluding hydrogens is 338 g/mol. The lowest BCUT2D eigenvalue weighted by Crippen LogP contribution is -2.39. The van der Waals surface area contributed by atoms with Gasteiger partial charge in [-0.2, -0.15) is 0 Å². The van der Waals surface area contributed by atoms with E-state index in [4.69, 9.17) is 4.74 Å². The average molecular weight is 365 g/mol. The summed E-state index contributed by atoms with van der Waals surface area (Å²) in [5.74, 6) is 1.62. The summed E-state index contributed by atoms with van der Waals surface area (Å²) in [6.45, 7) is 1.58. The molecule has 27 heavy (non-hydrogen) atoms. The summed E-state index contributed by atoms with van der Waals surface area (Å²) in [6.07, 6.45) is 3.67. The molecule has 0 spiro atoms. The molecule has 0 unspecified atom stereocenters. The summed E-state index contributed by atoms with van der Waals surface area (Å²) < 4.78 is 5.20. The van der Waals surface area contributed by atoms with E-state index in [1.54, 1.807) is 19.2 Å². The number of likely N-dealkylation sites (tertiary alicyclic amines) is 1. The van der Waals surface area contributed by atoms with Crippen LogP contribution in [-0.4, -0.2) is 36.8 Å². The van der Waals surface area contributed by atoms with Crippen LogP contribution in [0.4, 0.5) is 0 Å². The zero-order valence-corrected chi connectivity index (χ0v) is 15.9. The van der Waals surface area contributed by atoms with Gasteiger partial charge in [-0.1, -0.05) is 42.5 Å². The lowest BCUT2D eigenvalue weighted by atomic mass is 9.90. The molecule has 1 aliphatic rings. The third kappa shape index (κ3) is 5.43. The standard InChI is InChI=1S/C23H27NO3/c1-27-21-9-7-18(8-10-21)17-19-13-15-24(16-14-19)23(26)12-11-22(25)20-5-3-2-4-6-20/h2-10,19H,11-17H2,1H3. The maximum Gasteiger partial charge on any atom is 0.223 e. The topological polar surface area (TPSA) is 46.6 Å². The van der Waals surface area contributed by atoms with E-state index in [1.807, 2.05) is 35.2 Å². The zero-order valence-electron chi connectivity index (χ0n) is 15.9. The number of carbonyl (C=O) groups excluding carboxylic acids is 2. The number of carbonyl (C=O) groups is 2. The number of Topliss-reactive ketones (excluding diaryl/α,β-unsaturated/α-hetero) is 1. The van der Waals surface area contributed by atoms with Crippen molar-refractivity contribution in [1.29, 1.82) is 0 Å². The number of ether oxygens (including phenoxy) is 1. The van der Waals surface area contributed by atoms with Crippen molar-refractivity contribution in [3.05, 3.63) is 65.7 Å². The van der Waals surface area contributed by atoms with Gasteiger partial charge in [0.25, 0.3) is 0 Å². The SMILES string of the molecule is COc1ccc(CC2CCN(C(=O)CCC(=O)c3ccccc3)CC2)cc1. The number of piperidine rings is 1. The molecule has 2 aromatic rings.